The average molecular weight is 390 g/mol. The van der Waals surface area contributed by atoms with E-state index in [4.69, 9.17) is 0 Å². The fourth-order valence-corrected chi connectivity index (χ4v) is 3.77. The van der Waals surface area contributed by atoms with Gasteiger partial charge >= 0.3 is 0 Å². The molecule has 0 radical (unpaired) electrons. The molecule has 146 valence electrons. The Morgan fingerprint density at radius 2 is 1.79 bits per heavy atom. The largest absolute Gasteiger partial charge is 0.339 e. The van der Waals surface area contributed by atoms with Crippen molar-refractivity contribution in [3.63, 3.8) is 0 Å². The predicted molar refractivity (Wildman–Crippen MR) is 95.8 cm³/mol. The molecule has 0 spiro atoms. The van der Waals surface area contributed by atoms with Crippen LogP contribution in [0.5, 0.6) is 0 Å². The minimum Gasteiger partial charge on any atom is -0.339 e. The number of amides is 1. The molecule has 3 aromatic rings. The molecule has 6 nitrogen and oxygen atoms in total. The Kier molecular flexibility index (Phi) is 4.06. The van der Waals surface area contributed by atoms with Gasteiger partial charge in [0, 0.05) is 25.7 Å². The van der Waals surface area contributed by atoms with Crippen LogP contribution < -0.4 is 5.56 Å². The van der Waals surface area contributed by atoms with Crippen molar-refractivity contribution in [3.05, 3.63) is 62.5 Å². The Morgan fingerprint density at radius 3 is 2.50 bits per heavy atom. The van der Waals surface area contributed by atoms with E-state index in [9.17, 15) is 22.8 Å². The normalized spacial score (nSPS) is 14.1. The van der Waals surface area contributed by atoms with E-state index in [-0.39, 0.29) is 18.0 Å². The highest BCUT2D eigenvalue weighted by Gasteiger charge is 2.30. The monoisotopic (exact) mass is 390 g/mol. The minimum absolute atomic E-state index is 0.183. The predicted octanol–water partition coefficient (Wildman–Crippen LogP) is 2.37. The molecular weight excluding hydrogens is 373 g/mol. The third-order valence-corrected chi connectivity index (χ3v) is 5.21. The molecule has 2 aromatic heterocycles. The van der Waals surface area contributed by atoms with Crippen LogP contribution in [0.25, 0.3) is 10.9 Å². The number of aryl methyl sites for hydroxylation is 2. The molecule has 0 fully saturated rings. The summed E-state index contributed by atoms with van der Waals surface area (Å²) < 4.78 is 43.5. The lowest BCUT2D eigenvalue weighted by Gasteiger charge is -2.25. The minimum atomic E-state index is -1.59. The first-order chi connectivity index (χ1) is 13.2. The number of carbonyl (C=O) groups is 1. The van der Waals surface area contributed by atoms with Gasteiger partial charge in [0.05, 0.1) is 23.1 Å². The quantitative estimate of drug-likeness (QED) is 0.632. The number of halogens is 3. The first-order valence-corrected chi connectivity index (χ1v) is 8.70. The molecule has 0 unspecified atom stereocenters. The molecule has 0 saturated heterocycles. The molecule has 1 aromatic carbocycles. The zero-order valence-electron chi connectivity index (χ0n) is 15.5. The van der Waals surface area contributed by atoms with Gasteiger partial charge in [-0.05, 0) is 25.5 Å². The molecule has 1 aliphatic heterocycles. The van der Waals surface area contributed by atoms with Gasteiger partial charge in [0.15, 0.2) is 17.5 Å². The second-order valence-electron chi connectivity index (χ2n) is 6.96. The number of fused-ring (bicyclic) bond motifs is 3. The van der Waals surface area contributed by atoms with Gasteiger partial charge in [0.1, 0.15) is 5.69 Å². The lowest BCUT2D eigenvalue weighted by atomic mass is 10.1. The van der Waals surface area contributed by atoms with Crippen molar-refractivity contribution >= 4 is 16.8 Å². The van der Waals surface area contributed by atoms with Gasteiger partial charge in [-0.3, -0.25) is 9.59 Å². The van der Waals surface area contributed by atoms with Crippen LogP contribution in [-0.2, 0) is 13.1 Å². The Hall–Kier alpha value is -3.10. The summed E-state index contributed by atoms with van der Waals surface area (Å²) in [7, 11) is 1.69. The van der Waals surface area contributed by atoms with Crippen LogP contribution in [0, 0.1) is 31.3 Å². The van der Waals surface area contributed by atoms with E-state index in [0.29, 0.717) is 40.9 Å². The van der Waals surface area contributed by atoms with E-state index in [1.54, 1.807) is 30.4 Å². The van der Waals surface area contributed by atoms with Crippen LogP contribution in [0.3, 0.4) is 0 Å². The maximum Gasteiger partial charge on any atom is 0.276 e. The van der Waals surface area contributed by atoms with E-state index in [1.807, 2.05) is 0 Å². The Bertz CT molecular complexity index is 1210. The summed E-state index contributed by atoms with van der Waals surface area (Å²) in [6.45, 7) is 4.07. The number of carbonyl (C=O) groups excluding carboxylic acids is 1. The summed E-state index contributed by atoms with van der Waals surface area (Å²) in [5, 5.41) is 4.56. The molecule has 4 rings (SSSR count). The average Bonchev–Trinajstić information content (AvgIpc) is 2.96. The van der Waals surface area contributed by atoms with E-state index in [0.717, 1.165) is 16.8 Å². The standard InChI is InChI=1S/C19H17F3N4O2/c1-9-13-17(25-7-6-24(3)19(28)16(9)25)10(2)23-26(18(13)27)8-11-4-5-12(20)15(22)14(11)21/h4-5H,6-8H2,1-3H3. The van der Waals surface area contributed by atoms with Crippen LogP contribution in [0.15, 0.2) is 16.9 Å². The second-order valence-corrected chi connectivity index (χ2v) is 6.96. The molecule has 1 amide bonds. The third-order valence-electron chi connectivity index (χ3n) is 5.21. The lowest BCUT2D eigenvalue weighted by molar-refractivity contribution is 0.0750. The number of benzene rings is 1. The first-order valence-electron chi connectivity index (χ1n) is 8.70. The SMILES string of the molecule is Cc1c2n(c3c(C)nn(Cc4ccc(F)c(F)c4F)c(=O)c13)CCN(C)C2=O. The molecule has 0 N–H and O–H groups in total. The summed E-state index contributed by atoms with van der Waals surface area (Å²) in [6.07, 6.45) is 0. The van der Waals surface area contributed by atoms with Crippen molar-refractivity contribution in [3.8, 4) is 0 Å². The van der Waals surface area contributed by atoms with E-state index < -0.39 is 23.0 Å². The number of aromatic nitrogens is 3. The highest BCUT2D eigenvalue weighted by molar-refractivity contribution is 6.02. The van der Waals surface area contributed by atoms with Gasteiger partial charge in [-0.25, -0.2) is 17.9 Å². The second kappa shape index (κ2) is 6.22. The topological polar surface area (TPSA) is 60.1 Å². The summed E-state index contributed by atoms with van der Waals surface area (Å²) in [6, 6.07) is 1.89. The zero-order chi connectivity index (χ0) is 20.3. The smallest absolute Gasteiger partial charge is 0.276 e. The van der Waals surface area contributed by atoms with E-state index in [2.05, 4.69) is 5.10 Å². The summed E-state index contributed by atoms with van der Waals surface area (Å²) >= 11 is 0. The van der Waals surface area contributed by atoms with Crippen molar-refractivity contribution in [2.24, 2.45) is 0 Å². The molecule has 0 bridgehead atoms. The Balaban J connectivity index is 1.93. The number of hydrogen-bond donors (Lipinski definition) is 0. The number of rotatable bonds is 2. The Morgan fingerprint density at radius 1 is 1.07 bits per heavy atom. The molecular formula is C19H17F3N4O2. The van der Waals surface area contributed by atoms with Crippen LogP contribution in [0.4, 0.5) is 13.2 Å². The van der Waals surface area contributed by atoms with Crippen LogP contribution >= 0.6 is 0 Å². The highest BCUT2D eigenvalue weighted by Crippen LogP contribution is 2.28. The summed E-state index contributed by atoms with van der Waals surface area (Å²) in [5.74, 6) is -4.42. The van der Waals surface area contributed by atoms with Gasteiger partial charge in [0.2, 0.25) is 0 Å². The molecule has 0 saturated carbocycles. The van der Waals surface area contributed by atoms with Crippen molar-refractivity contribution in [1.82, 2.24) is 19.2 Å². The fraction of sp³-hybridized carbons (Fsp3) is 0.316. The first kappa shape index (κ1) is 18.3. The van der Waals surface area contributed by atoms with E-state index in [1.165, 1.54) is 0 Å². The molecule has 0 aliphatic carbocycles. The Labute approximate surface area is 157 Å². The third kappa shape index (κ3) is 2.45. The maximum atomic E-state index is 14.0. The lowest BCUT2D eigenvalue weighted by Crippen LogP contribution is -2.37. The van der Waals surface area contributed by atoms with Gasteiger partial charge in [-0.1, -0.05) is 6.07 Å². The van der Waals surface area contributed by atoms with Crippen molar-refractivity contribution < 1.29 is 18.0 Å². The highest BCUT2D eigenvalue weighted by atomic mass is 19.2. The van der Waals surface area contributed by atoms with Crippen molar-refractivity contribution in [1.29, 1.82) is 0 Å². The number of hydrogen-bond acceptors (Lipinski definition) is 3. The molecule has 1 aliphatic rings. The fourth-order valence-electron chi connectivity index (χ4n) is 3.77. The zero-order valence-corrected chi connectivity index (χ0v) is 15.5. The van der Waals surface area contributed by atoms with Gasteiger partial charge in [0.25, 0.3) is 11.5 Å². The number of nitrogens with zero attached hydrogens (tertiary/aromatic N) is 4. The van der Waals surface area contributed by atoms with Crippen LogP contribution in [0.1, 0.15) is 27.3 Å². The van der Waals surface area contributed by atoms with Crippen LogP contribution in [0.2, 0.25) is 0 Å². The van der Waals surface area contributed by atoms with E-state index >= 15 is 0 Å². The van der Waals surface area contributed by atoms with Gasteiger partial charge in [-0.2, -0.15) is 5.10 Å². The van der Waals surface area contributed by atoms with Gasteiger partial charge in [-0.15, -0.1) is 0 Å². The summed E-state index contributed by atoms with van der Waals surface area (Å²) in [5.41, 5.74) is 1.32. The summed E-state index contributed by atoms with van der Waals surface area (Å²) in [4.78, 5) is 27.2. The van der Waals surface area contributed by atoms with Crippen molar-refractivity contribution in [2.45, 2.75) is 26.9 Å². The van der Waals surface area contributed by atoms with Gasteiger partial charge < -0.3 is 9.47 Å². The molecule has 28 heavy (non-hydrogen) atoms. The number of likely N-dealkylation sites (N-methyl/N-ethyl adjacent to an activating group) is 1. The maximum absolute atomic E-state index is 14.0. The molecule has 0 atom stereocenters. The molecule has 3 heterocycles. The van der Waals surface area contributed by atoms with Crippen molar-refractivity contribution in [2.75, 3.05) is 13.6 Å². The molecule has 9 heteroatoms. The van der Waals surface area contributed by atoms with Crippen LogP contribution in [-0.4, -0.2) is 38.7 Å².